The van der Waals surface area contributed by atoms with E-state index in [2.05, 4.69) is 21.6 Å². The number of benzene rings is 2. The maximum absolute atomic E-state index is 12.9. The molecule has 0 saturated carbocycles. The summed E-state index contributed by atoms with van der Waals surface area (Å²) < 4.78 is 34.4. The molecule has 0 atom stereocenters. The minimum Gasteiger partial charge on any atom is -0.488 e. The molecule has 2 aliphatic heterocycles. The second-order valence-corrected chi connectivity index (χ2v) is 10.3. The average Bonchev–Trinajstić information content (AvgIpc) is 2.68. The van der Waals surface area contributed by atoms with Gasteiger partial charge in [0.1, 0.15) is 11.4 Å². The molecule has 29 heavy (non-hydrogen) atoms. The fourth-order valence-corrected chi connectivity index (χ4v) is 4.93. The van der Waals surface area contributed by atoms with Gasteiger partial charge in [-0.2, -0.15) is 0 Å². The zero-order valence-electron chi connectivity index (χ0n) is 17.3. The number of nitrogens with zero attached hydrogens (tertiary/aromatic N) is 2. The molecule has 0 aromatic heterocycles. The summed E-state index contributed by atoms with van der Waals surface area (Å²) in [7, 11) is -1.52. The Morgan fingerprint density at radius 1 is 1.00 bits per heavy atom. The van der Waals surface area contributed by atoms with Gasteiger partial charge in [0.2, 0.25) is 0 Å². The summed E-state index contributed by atoms with van der Waals surface area (Å²) in [4.78, 5) is 4.90. The molecule has 0 amide bonds. The number of likely N-dealkylation sites (N-methyl/N-ethyl adjacent to an activating group) is 1. The van der Waals surface area contributed by atoms with E-state index in [1.165, 1.54) is 0 Å². The van der Waals surface area contributed by atoms with Gasteiger partial charge in [0.15, 0.2) is 0 Å². The zero-order valence-corrected chi connectivity index (χ0v) is 18.1. The summed E-state index contributed by atoms with van der Waals surface area (Å²) in [6, 6.07) is 12.7. The first-order valence-corrected chi connectivity index (χ1v) is 11.6. The molecule has 1 saturated heterocycles. The number of aryl methyl sites for hydroxylation is 1. The molecule has 7 heteroatoms. The van der Waals surface area contributed by atoms with Crippen molar-refractivity contribution in [3.8, 4) is 5.75 Å². The third-order valence-electron chi connectivity index (χ3n) is 5.71. The summed E-state index contributed by atoms with van der Waals surface area (Å²) in [5.74, 6) is 0.775. The fourth-order valence-electron chi connectivity index (χ4n) is 3.82. The van der Waals surface area contributed by atoms with Crippen LogP contribution < -0.4 is 14.4 Å². The van der Waals surface area contributed by atoms with Crippen molar-refractivity contribution in [3.05, 3.63) is 48.0 Å². The van der Waals surface area contributed by atoms with E-state index in [1.807, 2.05) is 38.1 Å². The van der Waals surface area contributed by atoms with E-state index in [0.717, 1.165) is 56.0 Å². The highest BCUT2D eigenvalue weighted by molar-refractivity contribution is 7.92. The van der Waals surface area contributed by atoms with Crippen LogP contribution in [0.25, 0.3) is 0 Å². The molecule has 4 rings (SSSR count). The van der Waals surface area contributed by atoms with E-state index in [0.29, 0.717) is 5.69 Å². The molecular weight excluding hydrogens is 386 g/mol. The summed E-state index contributed by atoms with van der Waals surface area (Å²) in [5, 5.41) is 0. The first-order chi connectivity index (χ1) is 13.7. The quantitative estimate of drug-likeness (QED) is 0.830. The van der Waals surface area contributed by atoms with Gasteiger partial charge in [0.05, 0.1) is 4.90 Å². The Kier molecular flexibility index (Phi) is 5.21. The summed E-state index contributed by atoms with van der Waals surface area (Å²) in [6.07, 6.45) is 1.68. The molecule has 6 nitrogen and oxygen atoms in total. The highest BCUT2D eigenvalue weighted by Gasteiger charge is 2.28. The minimum absolute atomic E-state index is 0.211. The van der Waals surface area contributed by atoms with Crippen LogP contribution in [0.1, 0.15) is 25.8 Å². The Hall–Kier alpha value is -2.25. The number of hydrogen-bond donors (Lipinski definition) is 1. The predicted octanol–water partition coefficient (Wildman–Crippen LogP) is 3.34. The molecule has 0 unspecified atom stereocenters. The normalized spacial score (nSPS) is 19.3. The van der Waals surface area contributed by atoms with E-state index in [4.69, 9.17) is 4.74 Å². The number of anilines is 2. The van der Waals surface area contributed by atoms with E-state index < -0.39 is 10.0 Å². The Morgan fingerprint density at radius 2 is 1.69 bits per heavy atom. The second-order valence-electron chi connectivity index (χ2n) is 8.57. The molecule has 0 bridgehead atoms. The number of fused-ring (bicyclic) bond motifs is 1. The second kappa shape index (κ2) is 7.54. The predicted molar refractivity (Wildman–Crippen MR) is 116 cm³/mol. The van der Waals surface area contributed by atoms with Gasteiger partial charge in [0, 0.05) is 37.6 Å². The standard InChI is InChI=1S/C22H29N3O3S/c1-22(2)11-10-17-16-20(8-9-21(17)28-22)29(26,27)23-18-4-6-19(7-5-18)25-14-12-24(3)13-15-25/h4-9,16,23H,10-15H2,1-3H3. The van der Waals surface area contributed by atoms with E-state index in [9.17, 15) is 8.42 Å². The maximum atomic E-state index is 12.9. The van der Waals surface area contributed by atoms with Gasteiger partial charge >= 0.3 is 0 Å². The smallest absolute Gasteiger partial charge is 0.261 e. The molecule has 2 heterocycles. The van der Waals surface area contributed by atoms with Crippen molar-refractivity contribution in [2.45, 2.75) is 37.2 Å². The van der Waals surface area contributed by atoms with Gasteiger partial charge in [-0.25, -0.2) is 8.42 Å². The van der Waals surface area contributed by atoms with Gasteiger partial charge < -0.3 is 14.5 Å². The van der Waals surface area contributed by atoms with Gasteiger partial charge in [0.25, 0.3) is 10.0 Å². The largest absolute Gasteiger partial charge is 0.488 e. The lowest BCUT2D eigenvalue weighted by molar-refractivity contribution is 0.0845. The highest BCUT2D eigenvalue weighted by atomic mass is 32.2. The zero-order chi connectivity index (χ0) is 20.6. The third-order valence-corrected chi connectivity index (χ3v) is 7.09. The minimum atomic E-state index is -3.65. The molecule has 0 spiro atoms. The first kappa shape index (κ1) is 20.0. The third kappa shape index (κ3) is 4.51. The monoisotopic (exact) mass is 415 g/mol. The van der Waals surface area contributed by atoms with Crippen LogP contribution in [0, 0.1) is 0 Å². The van der Waals surface area contributed by atoms with Crippen LogP contribution in [0.15, 0.2) is 47.4 Å². The molecule has 2 aromatic carbocycles. The number of piperazine rings is 1. The molecular formula is C22H29N3O3S. The Morgan fingerprint density at radius 3 is 2.38 bits per heavy atom. The molecule has 1 fully saturated rings. The summed E-state index contributed by atoms with van der Waals surface area (Å²) in [6.45, 7) is 8.13. The number of nitrogens with one attached hydrogen (secondary N) is 1. The number of sulfonamides is 1. The molecule has 1 N–H and O–H groups in total. The Labute approximate surface area is 173 Å². The number of hydrogen-bond acceptors (Lipinski definition) is 5. The molecule has 0 radical (unpaired) electrons. The first-order valence-electron chi connectivity index (χ1n) is 10.1. The topological polar surface area (TPSA) is 61.9 Å². The lowest BCUT2D eigenvalue weighted by atomic mass is 9.94. The number of ether oxygens (including phenoxy) is 1. The Balaban J connectivity index is 1.47. The summed E-state index contributed by atoms with van der Waals surface area (Å²) in [5.41, 5.74) is 2.42. The van der Waals surface area contributed by atoms with Crippen molar-refractivity contribution < 1.29 is 13.2 Å². The van der Waals surface area contributed by atoms with Crippen LogP contribution in [-0.4, -0.2) is 52.1 Å². The van der Waals surface area contributed by atoms with Gasteiger partial charge in [-0.1, -0.05) is 0 Å². The molecule has 0 aliphatic carbocycles. The maximum Gasteiger partial charge on any atom is 0.261 e. The lowest BCUT2D eigenvalue weighted by Gasteiger charge is -2.34. The van der Waals surface area contributed by atoms with E-state index in [1.54, 1.807) is 18.2 Å². The van der Waals surface area contributed by atoms with Crippen LogP contribution in [0.3, 0.4) is 0 Å². The average molecular weight is 416 g/mol. The van der Waals surface area contributed by atoms with Crippen LogP contribution in [0.2, 0.25) is 0 Å². The summed E-state index contributed by atoms with van der Waals surface area (Å²) >= 11 is 0. The van der Waals surface area contributed by atoms with Gasteiger partial charge in [-0.3, -0.25) is 4.72 Å². The lowest BCUT2D eigenvalue weighted by Crippen LogP contribution is -2.44. The van der Waals surface area contributed by atoms with Crippen LogP contribution in [0.5, 0.6) is 5.75 Å². The van der Waals surface area contributed by atoms with Crippen LogP contribution in [0.4, 0.5) is 11.4 Å². The number of rotatable bonds is 4. The van der Waals surface area contributed by atoms with E-state index >= 15 is 0 Å². The van der Waals surface area contributed by atoms with Crippen LogP contribution >= 0.6 is 0 Å². The van der Waals surface area contributed by atoms with Crippen molar-refractivity contribution in [2.75, 3.05) is 42.8 Å². The molecule has 2 aliphatic rings. The van der Waals surface area contributed by atoms with Gasteiger partial charge in [-0.15, -0.1) is 0 Å². The highest BCUT2D eigenvalue weighted by Crippen LogP contribution is 2.34. The van der Waals surface area contributed by atoms with Crippen molar-refractivity contribution in [1.29, 1.82) is 0 Å². The fraction of sp³-hybridized carbons (Fsp3) is 0.455. The van der Waals surface area contributed by atoms with Crippen molar-refractivity contribution in [3.63, 3.8) is 0 Å². The Bertz CT molecular complexity index is 979. The van der Waals surface area contributed by atoms with E-state index in [-0.39, 0.29) is 10.5 Å². The molecule has 2 aromatic rings. The van der Waals surface area contributed by atoms with Crippen LogP contribution in [-0.2, 0) is 16.4 Å². The van der Waals surface area contributed by atoms with Crippen molar-refractivity contribution >= 4 is 21.4 Å². The van der Waals surface area contributed by atoms with Crippen molar-refractivity contribution in [1.82, 2.24) is 4.90 Å². The van der Waals surface area contributed by atoms with Crippen molar-refractivity contribution in [2.24, 2.45) is 0 Å². The molecule has 156 valence electrons. The van der Waals surface area contributed by atoms with Gasteiger partial charge in [-0.05, 0) is 81.8 Å². The SMILES string of the molecule is CN1CCN(c2ccc(NS(=O)(=O)c3ccc4c(c3)CCC(C)(C)O4)cc2)CC1.